The Morgan fingerprint density at radius 2 is 2.00 bits per heavy atom. The summed E-state index contributed by atoms with van der Waals surface area (Å²) >= 11 is 0. The Morgan fingerprint density at radius 3 is 2.72 bits per heavy atom. The number of nitrogens with one attached hydrogen (secondary N) is 1. The fourth-order valence-corrected chi connectivity index (χ4v) is 1.70. The molecule has 0 aliphatic carbocycles. The lowest BCUT2D eigenvalue weighted by atomic mass is 10.1. The number of halogens is 2. The molecule has 1 heterocycles. The van der Waals surface area contributed by atoms with Crippen LogP contribution in [0.3, 0.4) is 0 Å². The predicted molar refractivity (Wildman–Crippen MR) is 65.3 cm³/mol. The molecule has 0 fully saturated rings. The van der Waals surface area contributed by atoms with Crippen molar-refractivity contribution in [2.45, 2.75) is 13.3 Å². The number of nitrogens with zero attached hydrogens (tertiary/aromatic N) is 2. The first-order valence-electron chi connectivity index (χ1n) is 5.61. The first kappa shape index (κ1) is 12.4. The van der Waals surface area contributed by atoms with Gasteiger partial charge in [-0.2, -0.15) is 4.39 Å². The van der Waals surface area contributed by atoms with Gasteiger partial charge in [-0.25, -0.2) is 14.4 Å². The van der Waals surface area contributed by atoms with Crippen molar-refractivity contribution in [1.82, 2.24) is 9.97 Å². The third-order valence-electron chi connectivity index (χ3n) is 2.64. The van der Waals surface area contributed by atoms with Crippen LogP contribution in [0.15, 0.2) is 30.6 Å². The van der Waals surface area contributed by atoms with Gasteiger partial charge in [-0.05, 0) is 36.6 Å². The standard InChI is InChI=1S/C13H13F2N3/c1-9-6-11(14)3-2-10(9)4-5-16-13-7-12(15)17-8-18-13/h2-3,6-8H,4-5H2,1H3,(H,16,17,18). The molecule has 18 heavy (non-hydrogen) atoms. The second-order valence-electron chi connectivity index (χ2n) is 3.97. The highest BCUT2D eigenvalue weighted by Gasteiger charge is 2.01. The van der Waals surface area contributed by atoms with E-state index in [0.717, 1.165) is 17.5 Å². The van der Waals surface area contributed by atoms with E-state index >= 15 is 0 Å². The van der Waals surface area contributed by atoms with Gasteiger partial charge in [0.1, 0.15) is 18.0 Å². The Morgan fingerprint density at radius 1 is 1.17 bits per heavy atom. The molecule has 1 aromatic heterocycles. The molecule has 1 aromatic carbocycles. The van der Waals surface area contributed by atoms with Crippen LogP contribution in [0.4, 0.5) is 14.6 Å². The summed E-state index contributed by atoms with van der Waals surface area (Å²) < 4.78 is 25.7. The van der Waals surface area contributed by atoms with Gasteiger partial charge in [0.15, 0.2) is 0 Å². The summed E-state index contributed by atoms with van der Waals surface area (Å²) in [5.41, 5.74) is 1.96. The van der Waals surface area contributed by atoms with E-state index in [4.69, 9.17) is 0 Å². The Kier molecular flexibility index (Phi) is 3.82. The fourth-order valence-electron chi connectivity index (χ4n) is 1.70. The Balaban J connectivity index is 1.92. The highest BCUT2D eigenvalue weighted by Crippen LogP contribution is 2.11. The van der Waals surface area contributed by atoms with Crippen LogP contribution in [0.1, 0.15) is 11.1 Å². The molecule has 0 bridgehead atoms. The fraction of sp³-hybridized carbons (Fsp3) is 0.231. The summed E-state index contributed by atoms with van der Waals surface area (Å²) in [7, 11) is 0. The van der Waals surface area contributed by atoms with Crippen molar-refractivity contribution in [2.24, 2.45) is 0 Å². The van der Waals surface area contributed by atoms with Gasteiger partial charge in [-0.3, -0.25) is 0 Å². The molecule has 0 saturated heterocycles. The van der Waals surface area contributed by atoms with Crippen molar-refractivity contribution < 1.29 is 8.78 Å². The van der Waals surface area contributed by atoms with Gasteiger partial charge in [0.05, 0.1) is 0 Å². The second-order valence-corrected chi connectivity index (χ2v) is 3.97. The maximum Gasteiger partial charge on any atom is 0.217 e. The molecular weight excluding hydrogens is 236 g/mol. The summed E-state index contributed by atoms with van der Waals surface area (Å²) in [5.74, 6) is -0.352. The minimum Gasteiger partial charge on any atom is -0.370 e. The highest BCUT2D eigenvalue weighted by molar-refractivity contribution is 5.33. The summed E-state index contributed by atoms with van der Waals surface area (Å²) in [6.45, 7) is 2.46. The van der Waals surface area contributed by atoms with Crippen LogP contribution in [0.5, 0.6) is 0 Å². The molecule has 94 valence electrons. The number of aromatic nitrogens is 2. The average molecular weight is 249 g/mol. The van der Waals surface area contributed by atoms with Crippen molar-refractivity contribution in [3.63, 3.8) is 0 Å². The SMILES string of the molecule is Cc1cc(F)ccc1CCNc1cc(F)ncn1. The minimum atomic E-state index is -0.564. The number of hydrogen-bond donors (Lipinski definition) is 1. The summed E-state index contributed by atoms with van der Waals surface area (Å²) in [4.78, 5) is 7.26. The van der Waals surface area contributed by atoms with Crippen molar-refractivity contribution in [2.75, 3.05) is 11.9 Å². The molecule has 3 nitrogen and oxygen atoms in total. The lowest BCUT2D eigenvalue weighted by Gasteiger charge is -2.07. The third kappa shape index (κ3) is 3.23. The smallest absolute Gasteiger partial charge is 0.217 e. The van der Waals surface area contributed by atoms with Crippen LogP contribution < -0.4 is 5.32 Å². The van der Waals surface area contributed by atoms with Gasteiger partial charge in [-0.15, -0.1) is 0 Å². The largest absolute Gasteiger partial charge is 0.370 e. The maximum absolute atomic E-state index is 12.9. The van der Waals surface area contributed by atoms with E-state index in [-0.39, 0.29) is 5.82 Å². The first-order valence-corrected chi connectivity index (χ1v) is 5.61. The quantitative estimate of drug-likeness (QED) is 0.847. The lowest BCUT2D eigenvalue weighted by molar-refractivity contribution is 0.580. The van der Waals surface area contributed by atoms with E-state index in [0.29, 0.717) is 12.4 Å². The Bertz CT molecular complexity index is 544. The van der Waals surface area contributed by atoms with Gasteiger partial charge in [-0.1, -0.05) is 6.07 Å². The first-order chi connectivity index (χ1) is 8.65. The number of hydrogen-bond acceptors (Lipinski definition) is 3. The van der Waals surface area contributed by atoms with Crippen LogP contribution >= 0.6 is 0 Å². The van der Waals surface area contributed by atoms with Crippen molar-refractivity contribution in [1.29, 1.82) is 0 Å². The van der Waals surface area contributed by atoms with Gasteiger partial charge in [0, 0.05) is 12.6 Å². The van der Waals surface area contributed by atoms with E-state index in [9.17, 15) is 8.78 Å². The molecule has 2 aromatic rings. The zero-order chi connectivity index (χ0) is 13.0. The molecule has 0 spiro atoms. The Labute approximate surface area is 104 Å². The van der Waals surface area contributed by atoms with Crippen molar-refractivity contribution >= 4 is 5.82 Å². The minimum absolute atomic E-state index is 0.234. The van der Waals surface area contributed by atoms with E-state index in [1.165, 1.54) is 24.5 Å². The van der Waals surface area contributed by atoms with Gasteiger partial charge < -0.3 is 5.32 Å². The number of anilines is 1. The van der Waals surface area contributed by atoms with Crippen LogP contribution in [-0.4, -0.2) is 16.5 Å². The number of rotatable bonds is 4. The molecule has 0 aliphatic rings. The van der Waals surface area contributed by atoms with Gasteiger partial charge in [0.2, 0.25) is 5.95 Å². The summed E-state index contributed by atoms with van der Waals surface area (Å²) in [6.07, 6.45) is 1.89. The molecule has 0 radical (unpaired) electrons. The Hall–Kier alpha value is -2.04. The zero-order valence-electron chi connectivity index (χ0n) is 9.95. The molecule has 2 rings (SSSR count). The van der Waals surface area contributed by atoms with Crippen LogP contribution in [0.2, 0.25) is 0 Å². The maximum atomic E-state index is 12.9. The zero-order valence-corrected chi connectivity index (χ0v) is 9.95. The van der Waals surface area contributed by atoms with E-state index < -0.39 is 5.95 Å². The predicted octanol–water partition coefficient (Wildman–Crippen LogP) is 2.72. The molecule has 0 amide bonds. The monoisotopic (exact) mass is 249 g/mol. The van der Waals surface area contributed by atoms with Crippen molar-refractivity contribution in [3.8, 4) is 0 Å². The third-order valence-corrected chi connectivity index (χ3v) is 2.64. The molecule has 0 aliphatic heterocycles. The van der Waals surface area contributed by atoms with Crippen molar-refractivity contribution in [3.05, 3.63) is 53.5 Å². The van der Waals surface area contributed by atoms with E-state index in [1.54, 1.807) is 6.07 Å². The molecule has 0 atom stereocenters. The summed E-state index contributed by atoms with van der Waals surface area (Å²) in [5, 5.41) is 2.99. The second kappa shape index (κ2) is 5.53. The van der Waals surface area contributed by atoms with Crippen LogP contribution in [0, 0.1) is 18.7 Å². The topological polar surface area (TPSA) is 37.8 Å². The highest BCUT2D eigenvalue weighted by atomic mass is 19.1. The normalized spacial score (nSPS) is 10.4. The summed E-state index contributed by atoms with van der Waals surface area (Å²) in [6, 6.07) is 5.93. The molecular formula is C13H13F2N3. The molecule has 1 N–H and O–H groups in total. The van der Waals surface area contributed by atoms with Gasteiger partial charge in [0.25, 0.3) is 0 Å². The molecule has 0 unspecified atom stereocenters. The van der Waals surface area contributed by atoms with Gasteiger partial charge >= 0.3 is 0 Å². The number of aryl methyl sites for hydroxylation is 1. The molecule has 0 saturated carbocycles. The van der Waals surface area contributed by atoms with Crippen LogP contribution in [0.25, 0.3) is 0 Å². The lowest BCUT2D eigenvalue weighted by Crippen LogP contribution is -2.07. The van der Waals surface area contributed by atoms with Crippen LogP contribution in [-0.2, 0) is 6.42 Å². The van der Waals surface area contributed by atoms with E-state index in [2.05, 4.69) is 15.3 Å². The average Bonchev–Trinajstić information content (AvgIpc) is 2.32. The number of benzene rings is 1. The molecule has 5 heteroatoms. The van der Waals surface area contributed by atoms with E-state index in [1.807, 2.05) is 6.92 Å².